The number of amides is 6. The average Bonchev–Trinajstić information content (AvgIpc) is 3.23. The second-order valence-electron chi connectivity index (χ2n) is 14.9. The van der Waals surface area contributed by atoms with Gasteiger partial charge in [0.25, 0.3) is 5.91 Å². The lowest BCUT2D eigenvalue weighted by Gasteiger charge is -2.25. The number of nitrogens with zero attached hydrogens (tertiary/aromatic N) is 1. The van der Waals surface area contributed by atoms with Gasteiger partial charge in [0.15, 0.2) is 0 Å². The molecule has 64 heavy (non-hydrogen) atoms. The van der Waals surface area contributed by atoms with Crippen molar-refractivity contribution in [3.8, 4) is 0 Å². The van der Waals surface area contributed by atoms with Gasteiger partial charge in [0.05, 0.1) is 6.04 Å². The minimum atomic E-state index is -1.56. The van der Waals surface area contributed by atoms with E-state index < -0.39 is 115 Å². The first kappa shape index (κ1) is 50.8. The molecule has 0 fully saturated rings. The normalized spacial score (nSPS) is 13.1. The molecule has 0 saturated heterocycles. The molecule has 0 radical (unpaired) electrons. The number of hydrogen-bond acceptors (Lipinski definition) is 11. The van der Waals surface area contributed by atoms with Crippen LogP contribution in [0.2, 0.25) is 0 Å². The number of unbranched alkanes of at least 4 members (excludes halogenated alkanes) is 1. The van der Waals surface area contributed by atoms with Crippen LogP contribution in [-0.2, 0) is 40.0 Å². The number of aliphatic hydroxyl groups is 1. The highest BCUT2D eigenvalue weighted by Gasteiger charge is 2.31. The van der Waals surface area contributed by atoms with Crippen LogP contribution in [0.5, 0.6) is 0 Å². The van der Waals surface area contributed by atoms with Gasteiger partial charge in [-0.05, 0) is 73.9 Å². The third-order valence-corrected chi connectivity index (χ3v) is 9.77. The largest absolute Gasteiger partial charge is 0.511 e. The molecule has 0 spiro atoms. The Kier molecular flexibility index (Phi) is 20.1. The molecule has 11 N–H and O–H groups in total. The van der Waals surface area contributed by atoms with E-state index in [4.69, 9.17) is 5.11 Å². The number of aliphatic hydroxyl groups excluding tert-OH is 1. The molecular weight excluding hydrogens is 839 g/mol. The van der Waals surface area contributed by atoms with E-state index in [9.17, 15) is 63.6 Å². The summed E-state index contributed by atoms with van der Waals surface area (Å²) >= 11 is 0. The Bertz CT molecular complexity index is 2200. The number of nitrogens with one attached hydrogen (secondary N) is 6. The topological polar surface area (TPSA) is 340 Å². The maximum Gasteiger partial charge on any atom is 0.326 e. The summed E-state index contributed by atoms with van der Waals surface area (Å²) < 4.78 is 0. The maximum absolute atomic E-state index is 13.9. The van der Waals surface area contributed by atoms with Crippen LogP contribution in [0.1, 0.15) is 79.4 Å². The van der Waals surface area contributed by atoms with Crippen LogP contribution < -0.4 is 31.9 Å². The quantitative estimate of drug-likeness (QED) is 0.0385. The number of carbonyl (C=O) groups is 9. The van der Waals surface area contributed by atoms with Gasteiger partial charge in [-0.1, -0.05) is 49.0 Å². The van der Waals surface area contributed by atoms with Gasteiger partial charge in [0.1, 0.15) is 29.9 Å². The van der Waals surface area contributed by atoms with E-state index in [1.807, 2.05) is 36.4 Å². The lowest BCUT2D eigenvalue weighted by atomic mass is 10.00. The zero-order valence-corrected chi connectivity index (χ0v) is 35.0. The number of aryl methyl sites for hydroxylation is 1. The van der Waals surface area contributed by atoms with Crippen molar-refractivity contribution in [1.82, 2.24) is 36.9 Å². The van der Waals surface area contributed by atoms with Crippen molar-refractivity contribution < 1.29 is 68.7 Å². The van der Waals surface area contributed by atoms with Crippen molar-refractivity contribution in [1.29, 1.82) is 0 Å². The molecule has 3 rings (SSSR count). The van der Waals surface area contributed by atoms with E-state index in [-0.39, 0.29) is 50.6 Å². The Balaban J connectivity index is 1.76. The van der Waals surface area contributed by atoms with Crippen molar-refractivity contribution in [2.75, 3.05) is 6.54 Å². The molecule has 1 aromatic heterocycles. The Labute approximate surface area is 367 Å². The van der Waals surface area contributed by atoms with E-state index in [1.54, 1.807) is 13.0 Å². The third kappa shape index (κ3) is 17.8. The first-order valence-electron chi connectivity index (χ1n) is 20.3. The van der Waals surface area contributed by atoms with Crippen LogP contribution >= 0.6 is 0 Å². The Morgan fingerprint density at radius 2 is 1.16 bits per heavy atom. The second-order valence-corrected chi connectivity index (χ2v) is 14.9. The predicted molar refractivity (Wildman–Crippen MR) is 228 cm³/mol. The molecule has 1 heterocycles. The van der Waals surface area contributed by atoms with Gasteiger partial charge in [-0.15, -0.1) is 0 Å². The fourth-order valence-electron chi connectivity index (χ4n) is 6.37. The SMILES string of the molecule is C=C(O)C(CCCCNC(=O)C(Cc1ccc2ccccc2c1)NC(=O)C(CCC(=O)O)NC(=O)C(CCC(=O)O)NC(=O)c1ccnc(C)c1)NC(=O)N[C@@H](CCC(=O)O)C(=O)O. The molecule has 21 heteroatoms. The van der Waals surface area contributed by atoms with Crippen molar-refractivity contribution >= 4 is 64.3 Å². The van der Waals surface area contributed by atoms with Crippen molar-refractivity contribution in [2.45, 2.75) is 101 Å². The number of pyridine rings is 1. The fourth-order valence-corrected chi connectivity index (χ4v) is 6.37. The number of fused-ring (bicyclic) bond motifs is 1. The average molecular weight is 892 g/mol. The number of carboxylic acids is 4. The molecule has 2 aromatic carbocycles. The van der Waals surface area contributed by atoms with Crippen molar-refractivity contribution in [2.24, 2.45) is 0 Å². The maximum atomic E-state index is 13.9. The van der Waals surface area contributed by atoms with Crippen LogP contribution in [0.4, 0.5) is 4.79 Å². The van der Waals surface area contributed by atoms with Gasteiger partial charge < -0.3 is 57.4 Å². The molecule has 4 unspecified atom stereocenters. The van der Waals surface area contributed by atoms with E-state index in [2.05, 4.69) is 43.5 Å². The first-order valence-corrected chi connectivity index (χ1v) is 20.3. The van der Waals surface area contributed by atoms with Gasteiger partial charge in [-0.2, -0.15) is 0 Å². The monoisotopic (exact) mass is 891 g/mol. The number of rotatable bonds is 27. The molecule has 6 amide bonds. The molecule has 0 aliphatic rings. The molecule has 344 valence electrons. The van der Waals surface area contributed by atoms with Crippen LogP contribution in [-0.4, -0.2) is 121 Å². The van der Waals surface area contributed by atoms with Gasteiger partial charge in [0, 0.05) is 49.7 Å². The first-order chi connectivity index (χ1) is 30.3. The zero-order chi connectivity index (χ0) is 47.3. The highest BCUT2D eigenvalue weighted by atomic mass is 16.4. The molecule has 3 aromatic rings. The lowest BCUT2D eigenvalue weighted by molar-refractivity contribution is -0.141. The molecule has 0 saturated carbocycles. The highest BCUT2D eigenvalue weighted by molar-refractivity contribution is 5.99. The van der Waals surface area contributed by atoms with E-state index in [0.717, 1.165) is 10.8 Å². The summed E-state index contributed by atoms with van der Waals surface area (Å²) in [7, 11) is 0. The number of hydrogen-bond donors (Lipinski definition) is 11. The van der Waals surface area contributed by atoms with E-state index in [0.29, 0.717) is 11.3 Å². The standard InChI is InChI=1S/C43H53N7O14/c1-24-21-29(18-20-44-24)38(58)46-31(12-15-35(52)53)40(60)47-32(13-16-36(54)55)41(61)48-34(23-26-10-11-27-7-3-4-8-28(27)22-26)39(59)45-19-6-5-9-30(25(2)51)49-43(64)50-33(42(62)63)14-17-37(56)57/h3-4,7-8,10-11,18,20-22,30-34,51H,2,5-6,9,12-17,19,23H2,1H3,(H,45,59)(H,46,58)(H,47,60)(H,48,61)(H,52,53)(H,54,55)(H,56,57)(H,62,63)(H2,49,50,64)/t30?,31?,32?,33-,34?/m0/s1. The minimum absolute atomic E-state index is 0.0250. The van der Waals surface area contributed by atoms with E-state index >= 15 is 0 Å². The van der Waals surface area contributed by atoms with Gasteiger partial charge >= 0.3 is 29.9 Å². The van der Waals surface area contributed by atoms with Gasteiger partial charge in [-0.3, -0.25) is 38.5 Å². The number of aliphatic carboxylic acids is 4. The van der Waals surface area contributed by atoms with Crippen LogP contribution in [0.25, 0.3) is 10.8 Å². The summed E-state index contributed by atoms with van der Waals surface area (Å²) in [5.74, 6) is -9.03. The Morgan fingerprint density at radius 3 is 1.73 bits per heavy atom. The number of carbonyl (C=O) groups excluding carboxylic acids is 5. The van der Waals surface area contributed by atoms with Crippen LogP contribution in [0.3, 0.4) is 0 Å². The predicted octanol–water partition coefficient (Wildman–Crippen LogP) is 1.93. The molecule has 5 atom stereocenters. The molecular formula is C43H53N7O14. The highest BCUT2D eigenvalue weighted by Crippen LogP contribution is 2.17. The number of aromatic nitrogens is 1. The number of urea groups is 1. The summed E-state index contributed by atoms with van der Waals surface area (Å²) in [6.07, 6.45) is -0.911. The van der Waals surface area contributed by atoms with E-state index in [1.165, 1.54) is 18.3 Å². The van der Waals surface area contributed by atoms with Gasteiger partial charge in [-0.25, -0.2) is 9.59 Å². The molecule has 0 bridgehead atoms. The molecule has 0 aliphatic heterocycles. The Hall–Kier alpha value is -7.58. The van der Waals surface area contributed by atoms with Crippen LogP contribution in [0, 0.1) is 6.92 Å². The summed E-state index contributed by atoms with van der Waals surface area (Å²) in [5.41, 5.74) is 1.26. The second kappa shape index (κ2) is 25.4. The third-order valence-electron chi connectivity index (χ3n) is 9.77. The fraction of sp³-hybridized carbons (Fsp3) is 0.395. The zero-order valence-electron chi connectivity index (χ0n) is 35.0. The minimum Gasteiger partial charge on any atom is -0.511 e. The molecule has 0 aliphatic carbocycles. The summed E-state index contributed by atoms with van der Waals surface area (Å²) in [6.45, 7) is 5.09. The summed E-state index contributed by atoms with van der Waals surface area (Å²) in [4.78, 5) is 116. The van der Waals surface area contributed by atoms with Crippen LogP contribution in [0.15, 0.2) is 73.1 Å². The van der Waals surface area contributed by atoms with Gasteiger partial charge in [0.2, 0.25) is 17.7 Å². The van der Waals surface area contributed by atoms with Crippen molar-refractivity contribution in [3.63, 3.8) is 0 Å². The smallest absolute Gasteiger partial charge is 0.326 e. The number of benzene rings is 2. The van der Waals surface area contributed by atoms with Crippen molar-refractivity contribution in [3.05, 3.63) is 90.0 Å². The Morgan fingerprint density at radius 1 is 0.594 bits per heavy atom. The molecule has 21 nitrogen and oxygen atoms in total. The summed E-state index contributed by atoms with van der Waals surface area (Å²) in [5, 5.41) is 63.6. The number of carboxylic acid groups (broad SMARTS) is 4. The summed E-state index contributed by atoms with van der Waals surface area (Å²) in [6, 6.07) is 7.81. The lowest BCUT2D eigenvalue weighted by Crippen LogP contribution is -2.57.